The van der Waals surface area contributed by atoms with E-state index in [0.29, 0.717) is 41.3 Å². The minimum atomic E-state index is -0.249. The SMILES string of the molecule is COc1ccc(O)c(-c2ccc3c(c2)C(NC(=O)c2cnn4cccnc24)CCO3)c1. The Kier molecular flexibility index (Phi) is 4.66. The fourth-order valence-corrected chi connectivity index (χ4v) is 3.81. The maximum Gasteiger partial charge on any atom is 0.257 e. The number of carbonyl (C=O) groups is 1. The maximum atomic E-state index is 13.0. The van der Waals surface area contributed by atoms with Crippen molar-refractivity contribution in [1.82, 2.24) is 19.9 Å². The van der Waals surface area contributed by atoms with E-state index in [1.807, 2.05) is 18.2 Å². The van der Waals surface area contributed by atoms with Gasteiger partial charge in [0.15, 0.2) is 5.65 Å². The summed E-state index contributed by atoms with van der Waals surface area (Å²) in [5, 5.41) is 17.6. The number of amides is 1. The van der Waals surface area contributed by atoms with Crippen molar-refractivity contribution in [2.75, 3.05) is 13.7 Å². The molecule has 0 spiro atoms. The fraction of sp³-hybridized carbons (Fsp3) is 0.174. The Hall–Kier alpha value is -4.07. The molecule has 4 aromatic rings. The lowest BCUT2D eigenvalue weighted by molar-refractivity contribution is 0.0926. The number of aromatic nitrogens is 3. The van der Waals surface area contributed by atoms with Gasteiger partial charge in [-0.2, -0.15) is 5.10 Å². The summed E-state index contributed by atoms with van der Waals surface area (Å²) in [6.07, 6.45) is 5.52. The third-order valence-corrected chi connectivity index (χ3v) is 5.39. The van der Waals surface area contributed by atoms with Crippen molar-refractivity contribution >= 4 is 11.6 Å². The molecule has 1 amide bonds. The van der Waals surface area contributed by atoms with E-state index in [2.05, 4.69) is 15.4 Å². The topological polar surface area (TPSA) is 98.0 Å². The van der Waals surface area contributed by atoms with E-state index in [0.717, 1.165) is 11.1 Å². The molecular weight excluding hydrogens is 396 g/mol. The van der Waals surface area contributed by atoms with Crippen LogP contribution in [0.3, 0.4) is 0 Å². The summed E-state index contributed by atoms with van der Waals surface area (Å²) < 4.78 is 12.6. The third-order valence-electron chi connectivity index (χ3n) is 5.39. The van der Waals surface area contributed by atoms with E-state index in [1.165, 1.54) is 6.20 Å². The second kappa shape index (κ2) is 7.64. The summed E-state index contributed by atoms with van der Waals surface area (Å²) in [5.41, 5.74) is 3.21. The van der Waals surface area contributed by atoms with E-state index in [1.54, 1.807) is 48.3 Å². The first kappa shape index (κ1) is 18.9. The van der Waals surface area contributed by atoms with Crippen LogP contribution >= 0.6 is 0 Å². The molecule has 0 bridgehead atoms. The molecule has 2 N–H and O–H groups in total. The van der Waals surface area contributed by atoms with Gasteiger partial charge < -0.3 is 19.9 Å². The van der Waals surface area contributed by atoms with Crippen molar-refractivity contribution in [3.8, 4) is 28.4 Å². The average molecular weight is 416 g/mol. The van der Waals surface area contributed by atoms with Gasteiger partial charge in [0.05, 0.1) is 26.0 Å². The van der Waals surface area contributed by atoms with Crippen LogP contribution in [0.2, 0.25) is 0 Å². The number of hydrogen-bond acceptors (Lipinski definition) is 6. The van der Waals surface area contributed by atoms with Gasteiger partial charge in [0, 0.05) is 29.9 Å². The molecule has 156 valence electrons. The Labute approximate surface area is 178 Å². The minimum absolute atomic E-state index is 0.149. The van der Waals surface area contributed by atoms with Crippen molar-refractivity contribution in [3.63, 3.8) is 0 Å². The predicted molar refractivity (Wildman–Crippen MR) is 113 cm³/mol. The van der Waals surface area contributed by atoms with E-state index < -0.39 is 0 Å². The van der Waals surface area contributed by atoms with Gasteiger partial charge in [-0.1, -0.05) is 6.07 Å². The first-order valence-corrected chi connectivity index (χ1v) is 9.87. The Morgan fingerprint density at radius 1 is 1.29 bits per heavy atom. The lowest BCUT2D eigenvalue weighted by Crippen LogP contribution is -2.32. The molecule has 0 aliphatic carbocycles. The fourth-order valence-electron chi connectivity index (χ4n) is 3.81. The van der Waals surface area contributed by atoms with Gasteiger partial charge in [-0.25, -0.2) is 9.50 Å². The second-order valence-electron chi connectivity index (χ2n) is 7.24. The number of rotatable bonds is 4. The summed E-state index contributed by atoms with van der Waals surface area (Å²) in [6.45, 7) is 0.495. The van der Waals surface area contributed by atoms with E-state index in [-0.39, 0.29) is 17.7 Å². The number of nitrogens with one attached hydrogen (secondary N) is 1. The van der Waals surface area contributed by atoms with E-state index >= 15 is 0 Å². The Bertz CT molecular complexity index is 1280. The molecule has 0 saturated carbocycles. The highest BCUT2D eigenvalue weighted by Gasteiger charge is 2.26. The van der Waals surface area contributed by atoms with Crippen LogP contribution in [0, 0.1) is 0 Å². The van der Waals surface area contributed by atoms with E-state index in [4.69, 9.17) is 9.47 Å². The lowest BCUT2D eigenvalue weighted by Gasteiger charge is -2.27. The summed E-state index contributed by atoms with van der Waals surface area (Å²) in [6, 6.07) is 12.3. The number of ether oxygens (including phenoxy) is 2. The molecule has 8 nitrogen and oxygen atoms in total. The molecule has 1 atom stereocenters. The van der Waals surface area contributed by atoms with Crippen LogP contribution in [0.5, 0.6) is 17.2 Å². The van der Waals surface area contributed by atoms with Crippen molar-refractivity contribution in [2.45, 2.75) is 12.5 Å². The molecule has 5 rings (SSSR count). The van der Waals surface area contributed by atoms with Crippen molar-refractivity contribution in [2.24, 2.45) is 0 Å². The highest BCUT2D eigenvalue weighted by molar-refractivity contribution is 5.99. The molecule has 2 aromatic carbocycles. The van der Waals surface area contributed by atoms with Gasteiger partial charge in [-0.3, -0.25) is 4.79 Å². The number of nitrogens with zero attached hydrogens (tertiary/aromatic N) is 3. The third kappa shape index (κ3) is 3.42. The first-order valence-electron chi connectivity index (χ1n) is 9.87. The number of methoxy groups -OCH3 is 1. The zero-order valence-corrected chi connectivity index (χ0v) is 16.8. The molecule has 0 saturated heterocycles. The molecule has 31 heavy (non-hydrogen) atoms. The number of aromatic hydroxyl groups is 1. The predicted octanol–water partition coefficient (Wildman–Crippen LogP) is 3.36. The Morgan fingerprint density at radius 2 is 2.19 bits per heavy atom. The molecule has 8 heteroatoms. The number of hydrogen-bond donors (Lipinski definition) is 2. The van der Waals surface area contributed by atoms with Crippen LogP contribution in [0.15, 0.2) is 61.1 Å². The van der Waals surface area contributed by atoms with Gasteiger partial charge in [-0.05, 0) is 42.0 Å². The van der Waals surface area contributed by atoms with Crippen LogP contribution in [0.25, 0.3) is 16.8 Å². The first-order chi connectivity index (χ1) is 15.1. The van der Waals surface area contributed by atoms with Gasteiger partial charge in [0.1, 0.15) is 22.8 Å². The number of carbonyl (C=O) groups excluding carboxylic acids is 1. The Morgan fingerprint density at radius 3 is 3.06 bits per heavy atom. The van der Waals surface area contributed by atoms with Crippen molar-refractivity contribution in [3.05, 3.63) is 72.2 Å². The maximum absolute atomic E-state index is 13.0. The van der Waals surface area contributed by atoms with Gasteiger partial charge >= 0.3 is 0 Å². The zero-order chi connectivity index (χ0) is 21.4. The van der Waals surface area contributed by atoms with Gasteiger partial charge in [0.25, 0.3) is 5.91 Å². The second-order valence-corrected chi connectivity index (χ2v) is 7.24. The highest BCUT2D eigenvalue weighted by atomic mass is 16.5. The lowest BCUT2D eigenvalue weighted by atomic mass is 9.95. The molecule has 0 fully saturated rings. The van der Waals surface area contributed by atoms with Crippen molar-refractivity contribution < 1.29 is 19.4 Å². The summed E-state index contributed by atoms with van der Waals surface area (Å²) in [7, 11) is 1.58. The molecule has 3 heterocycles. The zero-order valence-electron chi connectivity index (χ0n) is 16.8. The minimum Gasteiger partial charge on any atom is -0.507 e. The summed E-state index contributed by atoms with van der Waals surface area (Å²) in [4.78, 5) is 17.2. The van der Waals surface area contributed by atoms with Crippen molar-refractivity contribution in [1.29, 1.82) is 0 Å². The number of phenols is 1. The monoisotopic (exact) mass is 416 g/mol. The van der Waals surface area contributed by atoms with Gasteiger partial charge in [-0.15, -0.1) is 0 Å². The number of benzene rings is 2. The molecular formula is C23H20N4O4. The standard InChI is InChI=1S/C23H20N4O4/c1-30-15-4-5-20(28)16(12-15)14-3-6-21-17(11-14)19(7-10-31-21)26-23(29)18-13-25-27-9-2-8-24-22(18)27/h2-6,8-9,11-13,19,28H,7,10H2,1H3,(H,26,29). The molecule has 2 aromatic heterocycles. The summed E-state index contributed by atoms with van der Waals surface area (Å²) in [5.74, 6) is 1.25. The smallest absolute Gasteiger partial charge is 0.257 e. The van der Waals surface area contributed by atoms with Crippen LogP contribution in [-0.2, 0) is 0 Å². The average Bonchev–Trinajstić information content (AvgIpc) is 3.24. The molecule has 0 radical (unpaired) electrons. The normalized spacial score (nSPS) is 15.2. The van der Waals surface area contributed by atoms with Crippen LogP contribution in [0.1, 0.15) is 28.4 Å². The number of phenolic OH excluding ortho intramolecular Hbond substituents is 1. The van der Waals surface area contributed by atoms with Crippen LogP contribution < -0.4 is 14.8 Å². The molecule has 1 aliphatic rings. The largest absolute Gasteiger partial charge is 0.507 e. The molecule has 1 unspecified atom stereocenters. The van der Waals surface area contributed by atoms with Crippen LogP contribution in [0.4, 0.5) is 0 Å². The van der Waals surface area contributed by atoms with Crippen LogP contribution in [-0.4, -0.2) is 39.3 Å². The Balaban J connectivity index is 1.48. The molecule has 1 aliphatic heterocycles. The quantitative estimate of drug-likeness (QED) is 0.529. The highest BCUT2D eigenvalue weighted by Crippen LogP contribution is 2.39. The number of fused-ring (bicyclic) bond motifs is 2. The van der Waals surface area contributed by atoms with E-state index in [9.17, 15) is 9.90 Å². The van der Waals surface area contributed by atoms with Gasteiger partial charge in [0.2, 0.25) is 0 Å². The summed E-state index contributed by atoms with van der Waals surface area (Å²) >= 11 is 0.